The fourth-order valence-electron chi connectivity index (χ4n) is 0.940. The summed E-state index contributed by atoms with van der Waals surface area (Å²) < 4.78 is 0.266. The fourth-order valence-corrected chi connectivity index (χ4v) is 4.13. The zero-order valence-electron chi connectivity index (χ0n) is 7.24. The van der Waals surface area contributed by atoms with Crippen molar-refractivity contribution in [1.82, 2.24) is 0 Å². The van der Waals surface area contributed by atoms with E-state index in [1.165, 1.54) is 0 Å². The van der Waals surface area contributed by atoms with Gasteiger partial charge in [-0.3, -0.25) is 4.79 Å². The van der Waals surface area contributed by atoms with Gasteiger partial charge >= 0.3 is 0 Å². The van der Waals surface area contributed by atoms with E-state index in [1.54, 1.807) is 12.1 Å². The Morgan fingerprint density at radius 3 is 2.00 bits per heavy atom. The highest BCUT2D eigenvalue weighted by Crippen LogP contribution is 2.43. The molecule has 0 aromatic heterocycles. The molecule has 0 radical (unpaired) electrons. The minimum atomic E-state index is -1.71. The zero-order chi connectivity index (χ0) is 12.5. The van der Waals surface area contributed by atoms with Crippen LogP contribution < -0.4 is 0 Å². The highest BCUT2D eigenvalue weighted by atomic mass is 79.9. The van der Waals surface area contributed by atoms with Crippen LogP contribution in [0.15, 0.2) is 25.6 Å². The minimum Gasteiger partial charge on any atom is -0.290 e. The standard InChI is InChI=1S/C8H2Br3Cl3OS/c9-3-1-4(10)6(5(11)2-3)7(15)8(12,13)16-14/h1-2H. The number of carbonyl (C=O) groups excluding carboxylic acids is 1. The normalized spacial score (nSPS) is 11.6. The van der Waals surface area contributed by atoms with Gasteiger partial charge in [-0.15, -0.1) is 0 Å². The molecule has 0 amide bonds. The summed E-state index contributed by atoms with van der Waals surface area (Å²) in [6, 6.07) is 3.45. The van der Waals surface area contributed by atoms with Gasteiger partial charge in [-0.05, 0) is 65.7 Å². The van der Waals surface area contributed by atoms with E-state index >= 15 is 0 Å². The quantitative estimate of drug-likeness (QED) is 0.371. The van der Waals surface area contributed by atoms with Crippen molar-refractivity contribution in [3.05, 3.63) is 31.1 Å². The van der Waals surface area contributed by atoms with Crippen molar-refractivity contribution >= 4 is 98.4 Å². The van der Waals surface area contributed by atoms with Gasteiger partial charge in [0.1, 0.15) is 0 Å². The second-order valence-electron chi connectivity index (χ2n) is 2.67. The van der Waals surface area contributed by atoms with E-state index in [9.17, 15) is 4.79 Å². The lowest BCUT2D eigenvalue weighted by molar-refractivity contribution is 0.0997. The van der Waals surface area contributed by atoms with E-state index in [0.29, 0.717) is 25.5 Å². The van der Waals surface area contributed by atoms with Crippen LogP contribution in [-0.2, 0) is 0 Å². The number of Topliss-reactive ketones (excluding diaryl/α,β-unsaturated/α-hetero) is 1. The van der Waals surface area contributed by atoms with Crippen LogP contribution in [-0.4, -0.2) is 9.45 Å². The average Bonchev–Trinajstić information content (AvgIpc) is 2.15. The number of rotatable bonds is 3. The predicted molar refractivity (Wildman–Crippen MR) is 81.8 cm³/mol. The molecule has 0 saturated carbocycles. The molecular formula is C8H2Br3Cl3OS. The molecule has 0 bridgehead atoms. The summed E-state index contributed by atoms with van der Waals surface area (Å²) in [5, 5.41) is 0. The Labute approximate surface area is 136 Å². The van der Waals surface area contributed by atoms with Crippen LogP contribution in [0.3, 0.4) is 0 Å². The molecule has 0 aliphatic heterocycles. The lowest BCUT2D eigenvalue weighted by atomic mass is 10.1. The summed E-state index contributed by atoms with van der Waals surface area (Å²) in [5.74, 6) is -0.484. The van der Waals surface area contributed by atoms with Crippen LogP contribution in [0.25, 0.3) is 0 Å². The van der Waals surface area contributed by atoms with Crippen molar-refractivity contribution in [1.29, 1.82) is 0 Å². The van der Waals surface area contributed by atoms with Gasteiger partial charge in [0, 0.05) is 13.4 Å². The van der Waals surface area contributed by atoms with Crippen LogP contribution in [0.4, 0.5) is 0 Å². The third-order valence-electron chi connectivity index (χ3n) is 1.60. The Balaban J connectivity index is 3.30. The summed E-state index contributed by atoms with van der Waals surface area (Å²) >= 11 is 21.4. The summed E-state index contributed by atoms with van der Waals surface area (Å²) in [5.41, 5.74) is 0.348. The second-order valence-corrected chi connectivity index (χ2v) is 8.30. The molecule has 1 aromatic carbocycles. The molecular weight excluding hydrogens is 490 g/mol. The van der Waals surface area contributed by atoms with E-state index < -0.39 is 9.45 Å². The van der Waals surface area contributed by atoms with Crippen LogP contribution in [0.5, 0.6) is 0 Å². The summed E-state index contributed by atoms with van der Waals surface area (Å²) in [6.45, 7) is 0. The highest BCUT2D eigenvalue weighted by Gasteiger charge is 2.37. The average molecular weight is 492 g/mol. The highest BCUT2D eigenvalue weighted by molar-refractivity contribution is 9.11. The van der Waals surface area contributed by atoms with Crippen molar-refractivity contribution < 1.29 is 4.79 Å². The monoisotopic (exact) mass is 488 g/mol. The van der Waals surface area contributed by atoms with Crippen molar-refractivity contribution in [2.75, 3.05) is 0 Å². The van der Waals surface area contributed by atoms with Gasteiger partial charge in [-0.25, -0.2) is 0 Å². The number of alkyl halides is 2. The Hall–Kier alpha value is 1.55. The molecule has 1 rings (SSSR count). The first-order valence-corrected chi connectivity index (χ1v) is 8.44. The third-order valence-corrected chi connectivity index (χ3v) is 5.66. The number of benzene rings is 1. The molecule has 88 valence electrons. The van der Waals surface area contributed by atoms with Crippen LogP contribution >= 0.6 is 92.6 Å². The lowest BCUT2D eigenvalue weighted by Gasteiger charge is -2.15. The van der Waals surface area contributed by atoms with Gasteiger partial charge in [-0.2, -0.15) is 0 Å². The topological polar surface area (TPSA) is 17.1 Å². The largest absolute Gasteiger partial charge is 0.290 e. The van der Waals surface area contributed by atoms with Crippen molar-refractivity contribution in [2.24, 2.45) is 0 Å². The number of hydrogen-bond donors (Lipinski definition) is 0. The van der Waals surface area contributed by atoms with Crippen molar-refractivity contribution in [2.45, 2.75) is 3.67 Å². The molecule has 16 heavy (non-hydrogen) atoms. The number of ketones is 1. The number of carbonyl (C=O) groups is 1. The maximum Gasteiger partial charge on any atom is 0.239 e. The smallest absolute Gasteiger partial charge is 0.239 e. The summed E-state index contributed by atoms with van der Waals surface area (Å²) in [7, 11) is 6.02. The molecule has 0 unspecified atom stereocenters. The van der Waals surface area contributed by atoms with Crippen LogP contribution in [0.2, 0.25) is 0 Å². The van der Waals surface area contributed by atoms with E-state index in [0.717, 1.165) is 4.47 Å². The van der Waals surface area contributed by atoms with Gasteiger partial charge in [0.25, 0.3) is 0 Å². The van der Waals surface area contributed by atoms with E-state index in [1.807, 2.05) is 0 Å². The first kappa shape index (κ1) is 15.6. The predicted octanol–water partition coefficient (Wildman–Crippen LogP) is 6.18. The molecule has 0 N–H and O–H groups in total. The Kier molecular flexibility index (Phi) is 5.98. The lowest BCUT2D eigenvalue weighted by Crippen LogP contribution is -2.21. The second kappa shape index (κ2) is 6.13. The van der Waals surface area contributed by atoms with Crippen LogP contribution in [0, 0.1) is 0 Å². The molecule has 0 saturated heterocycles. The maximum atomic E-state index is 12.0. The molecule has 0 aliphatic rings. The third kappa shape index (κ3) is 3.53. The Morgan fingerprint density at radius 2 is 1.62 bits per heavy atom. The minimum absolute atomic E-state index is 0.348. The molecule has 0 aliphatic carbocycles. The van der Waals surface area contributed by atoms with E-state index in [4.69, 9.17) is 33.9 Å². The van der Waals surface area contributed by atoms with Gasteiger partial charge in [0.2, 0.25) is 9.45 Å². The first-order chi connectivity index (χ1) is 7.29. The molecule has 1 nitrogen and oxygen atoms in total. The van der Waals surface area contributed by atoms with Crippen molar-refractivity contribution in [3.8, 4) is 0 Å². The summed E-state index contributed by atoms with van der Waals surface area (Å²) in [4.78, 5) is 12.0. The van der Waals surface area contributed by atoms with Gasteiger partial charge in [0.15, 0.2) is 0 Å². The van der Waals surface area contributed by atoms with E-state index in [-0.39, 0.29) is 0 Å². The Morgan fingerprint density at radius 1 is 1.19 bits per heavy atom. The molecule has 8 heteroatoms. The van der Waals surface area contributed by atoms with E-state index in [2.05, 4.69) is 47.8 Å². The molecule has 0 spiro atoms. The fraction of sp³-hybridized carbons (Fsp3) is 0.125. The molecule has 0 fully saturated rings. The van der Waals surface area contributed by atoms with Gasteiger partial charge < -0.3 is 0 Å². The summed E-state index contributed by atoms with van der Waals surface area (Å²) in [6.07, 6.45) is 0. The molecule has 0 atom stereocenters. The van der Waals surface area contributed by atoms with Gasteiger partial charge in [0.05, 0.1) is 5.56 Å². The number of halogens is 6. The Bertz CT molecular complexity index is 416. The first-order valence-electron chi connectivity index (χ1n) is 3.66. The number of hydrogen-bond acceptors (Lipinski definition) is 2. The maximum absolute atomic E-state index is 12.0. The van der Waals surface area contributed by atoms with Crippen molar-refractivity contribution in [3.63, 3.8) is 0 Å². The van der Waals surface area contributed by atoms with Crippen LogP contribution in [0.1, 0.15) is 10.4 Å². The SMILES string of the molecule is O=C(c1c(Br)cc(Br)cc1Br)C(Cl)(Cl)SCl. The van der Waals surface area contributed by atoms with Gasteiger partial charge in [-0.1, -0.05) is 39.1 Å². The zero-order valence-corrected chi connectivity index (χ0v) is 15.1. The molecule has 1 aromatic rings. The molecule has 0 heterocycles.